The SMILES string of the molecule is CCCCCCC(=O)Cc1ccccc1C(=O)O[C@@]12CC[C@H](OC)C34C1CC([C@H]3N(CC)C2)[C@@]1(O)C[C@H](OC)[C@H]2CC4[C@]1(O)[C@H]2OC. The fraction of sp³-hybridized carbons (Fsp3) is 0.789. The number of methoxy groups -OCH3 is 3. The minimum absolute atomic E-state index is 0.0330. The number of hydrogen-bond donors (Lipinski definition) is 2. The molecule has 4 unspecified atom stereocenters. The van der Waals surface area contributed by atoms with Crippen molar-refractivity contribution in [1.82, 2.24) is 4.90 Å². The lowest BCUT2D eigenvalue weighted by molar-refractivity contribution is -0.337. The van der Waals surface area contributed by atoms with Crippen LogP contribution in [0, 0.1) is 29.1 Å². The predicted molar refractivity (Wildman–Crippen MR) is 175 cm³/mol. The molecule has 0 radical (unpaired) electrons. The van der Waals surface area contributed by atoms with E-state index in [1.807, 2.05) is 18.2 Å². The molecule has 5 aliphatic carbocycles. The van der Waals surface area contributed by atoms with Gasteiger partial charge in [-0.3, -0.25) is 9.69 Å². The first kappa shape index (κ1) is 33.6. The molecule has 7 bridgehead atoms. The van der Waals surface area contributed by atoms with Crippen LogP contribution >= 0.6 is 0 Å². The van der Waals surface area contributed by atoms with Gasteiger partial charge in [-0.2, -0.15) is 0 Å². The van der Waals surface area contributed by atoms with Crippen molar-refractivity contribution in [3.8, 4) is 0 Å². The molecule has 6 aliphatic rings. The predicted octanol–water partition coefficient (Wildman–Crippen LogP) is 4.35. The van der Waals surface area contributed by atoms with Gasteiger partial charge in [0, 0.05) is 82.3 Å². The van der Waals surface area contributed by atoms with E-state index in [2.05, 4.69) is 18.7 Å². The third-order valence-electron chi connectivity index (χ3n) is 14.1. The lowest BCUT2D eigenvalue weighted by atomic mass is 9.44. The molecule has 9 nitrogen and oxygen atoms in total. The highest BCUT2D eigenvalue weighted by atomic mass is 16.6. The number of unbranched alkanes of at least 4 members (excludes halogenated alkanes) is 3. The Morgan fingerprint density at radius 1 is 0.979 bits per heavy atom. The van der Waals surface area contributed by atoms with Crippen molar-refractivity contribution >= 4 is 11.8 Å². The summed E-state index contributed by atoms with van der Waals surface area (Å²) >= 11 is 0. The minimum atomic E-state index is -1.47. The number of nitrogens with zero attached hydrogens (tertiary/aromatic N) is 1. The maximum absolute atomic E-state index is 14.4. The van der Waals surface area contributed by atoms with E-state index in [4.69, 9.17) is 18.9 Å². The van der Waals surface area contributed by atoms with E-state index < -0.39 is 34.3 Å². The molecule has 1 spiro atoms. The van der Waals surface area contributed by atoms with E-state index in [9.17, 15) is 19.8 Å². The van der Waals surface area contributed by atoms with Crippen molar-refractivity contribution < 1.29 is 38.7 Å². The molecular weight excluding hydrogens is 598 g/mol. The Balaban J connectivity index is 1.27. The highest BCUT2D eigenvalue weighted by molar-refractivity contribution is 5.93. The molecule has 5 saturated carbocycles. The number of fused-ring (bicyclic) bond motifs is 2. The monoisotopic (exact) mass is 653 g/mol. The molecular formula is C38H55NO8. The first-order valence-corrected chi connectivity index (χ1v) is 18.2. The summed E-state index contributed by atoms with van der Waals surface area (Å²) in [5.74, 6) is -1.00. The van der Waals surface area contributed by atoms with E-state index >= 15 is 0 Å². The van der Waals surface area contributed by atoms with Crippen LogP contribution in [0.1, 0.15) is 94.0 Å². The maximum atomic E-state index is 14.4. The smallest absolute Gasteiger partial charge is 0.339 e. The van der Waals surface area contributed by atoms with Crippen LogP contribution in [-0.4, -0.2) is 102 Å². The van der Waals surface area contributed by atoms with Gasteiger partial charge in [-0.05, 0) is 50.3 Å². The zero-order chi connectivity index (χ0) is 33.4. The van der Waals surface area contributed by atoms with E-state index in [-0.39, 0.29) is 54.1 Å². The molecule has 47 heavy (non-hydrogen) atoms. The molecule has 9 heteroatoms. The zero-order valence-electron chi connectivity index (χ0n) is 28.9. The van der Waals surface area contributed by atoms with Crippen LogP contribution in [0.3, 0.4) is 0 Å². The van der Waals surface area contributed by atoms with Gasteiger partial charge in [-0.15, -0.1) is 0 Å². The van der Waals surface area contributed by atoms with Crippen molar-refractivity contribution in [3.05, 3.63) is 35.4 Å². The summed E-state index contributed by atoms with van der Waals surface area (Å²) in [5.41, 5.74) is -3.09. The van der Waals surface area contributed by atoms with Crippen molar-refractivity contribution in [1.29, 1.82) is 0 Å². The quantitative estimate of drug-likeness (QED) is 0.237. The van der Waals surface area contributed by atoms with E-state index in [1.165, 1.54) is 0 Å². The van der Waals surface area contributed by atoms with Crippen molar-refractivity contribution in [3.63, 3.8) is 0 Å². The van der Waals surface area contributed by atoms with E-state index in [0.29, 0.717) is 56.2 Å². The number of hydrogen-bond acceptors (Lipinski definition) is 9. The first-order valence-electron chi connectivity index (χ1n) is 18.2. The zero-order valence-corrected chi connectivity index (χ0v) is 28.9. The number of Topliss-reactive ketones (excluding diaryl/α,β-unsaturated/α-hetero) is 1. The fourth-order valence-electron chi connectivity index (χ4n) is 12.6. The Hall–Kier alpha value is -1.88. The van der Waals surface area contributed by atoms with Crippen LogP contribution in [0.4, 0.5) is 0 Å². The molecule has 12 atom stereocenters. The highest BCUT2D eigenvalue weighted by Gasteiger charge is 2.89. The van der Waals surface area contributed by atoms with Gasteiger partial charge < -0.3 is 29.2 Å². The Morgan fingerprint density at radius 3 is 2.47 bits per heavy atom. The number of ether oxygens (including phenoxy) is 4. The van der Waals surface area contributed by atoms with Crippen LogP contribution in [0.2, 0.25) is 0 Å². The molecule has 6 fully saturated rings. The molecule has 1 saturated heterocycles. The average molecular weight is 654 g/mol. The Morgan fingerprint density at radius 2 is 1.77 bits per heavy atom. The van der Waals surface area contributed by atoms with Gasteiger partial charge in [-0.1, -0.05) is 51.3 Å². The maximum Gasteiger partial charge on any atom is 0.339 e. The fourth-order valence-corrected chi connectivity index (χ4v) is 12.6. The lowest BCUT2D eigenvalue weighted by Gasteiger charge is -2.70. The molecule has 7 rings (SSSR count). The highest BCUT2D eigenvalue weighted by Crippen LogP contribution is 2.79. The largest absolute Gasteiger partial charge is 0.454 e. The van der Waals surface area contributed by atoms with Gasteiger partial charge in [0.1, 0.15) is 22.6 Å². The summed E-state index contributed by atoms with van der Waals surface area (Å²) in [6.07, 6.45) is 6.90. The summed E-state index contributed by atoms with van der Waals surface area (Å²) in [6, 6.07) is 7.35. The Bertz CT molecular complexity index is 1370. The molecule has 260 valence electrons. The van der Waals surface area contributed by atoms with Crippen molar-refractivity contribution in [2.75, 3.05) is 34.4 Å². The number of carbonyl (C=O) groups excluding carboxylic acids is 2. The third kappa shape index (κ3) is 4.42. The second-order valence-electron chi connectivity index (χ2n) is 15.6. The molecule has 1 aliphatic heterocycles. The molecule has 2 N–H and O–H groups in total. The molecule has 0 aromatic heterocycles. The molecule has 1 aromatic carbocycles. The number of ketones is 1. The number of carbonyl (C=O) groups is 2. The van der Waals surface area contributed by atoms with Crippen LogP contribution in [0.5, 0.6) is 0 Å². The van der Waals surface area contributed by atoms with Crippen LogP contribution in [0.25, 0.3) is 0 Å². The number of likely N-dealkylation sites (tertiary alicyclic amines) is 1. The third-order valence-corrected chi connectivity index (χ3v) is 14.1. The van der Waals surface area contributed by atoms with Gasteiger partial charge in [0.25, 0.3) is 0 Å². The van der Waals surface area contributed by atoms with Crippen LogP contribution < -0.4 is 0 Å². The number of aliphatic hydroxyl groups is 2. The minimum Gasteiger partial charge on any atom is -0.454 e. The Labute approximate surface area is 279 Å². The molecule has 1 aromatic rings. The van der Waals surface area contributed by atoms with Crippen LogP contribution in [0.15, 0.2) is 24.3 Å². The summed E-state index contributed by atoms with van der Waals surface area (Å²) in [7, 11) is 5.10. The lowest BCUT2D eigenvalue weighted by Crippen LogP contribution is -2.83. The van der Waals surface area contributed by atoms with Gasteiger partial charge in [0.2, 0.25) is 0 Å². The second kappa shape index (κ2) is 12.2. The van der Waals surface area contributed by atoms with Crippen LogP contribution in [-0.2, 0) is 30.2 Å². The van der Waals surface area contributed by atoms with E-state index in [1.54, 1.807) is 27.4 Å². The molecule has 1 heterocycles. The molecule has 0 amide bonds. The summed E-state index contributed by atoms with van der Waals surface area (Å²) in [5, 5.41) is 25.9. The topological polar surface area (TPSA) is 115 Å². The van der Waals surface area contributed by atoms with Crippen molar-refractivity contribution in [2.24, 2.45) is 29.1 Å². The first-order chi connectivity index (χ1) is 22.6. The number of esters is 1. The number of piperidine rings is 1. The standard InChI is InChI=1S/C38H55NO8/c1-6-8-9-10-14-24(40)18-23-13-11-12-15-25(23)34(41)47-35-17-16-31(45-4)37-29(35)20-27(32(37)39(7-2)22-35)36(42)21-28(44-3)26-19-30(37)38(36,43)33(26)46-5/h11-13,15,26-33,42-43H,6-10,14,16-22H2,1-5H3/t26-,27?,28+,29?,30?,31+,32-,33+,35-,36+,37?,38+/m1/s1. The normalized spacial score (nSPS) is 44.4. The van der Waals surface area contributed by atoms with Gasteiger partial charge in [0.05, 0.1) is 23.9 Å². The van der Waals surface area contributed by atoms with Gasteiger partial charge >= 0.3 is 5.97 Å². The summed E-state index contributed by atoms with van der Waals surface area (Å²) < 4.78 is 25.3. The summed E-state index contributed by atoms with van der Waals surface area (Å²) in [4.78, 5) is 29.8. The van der Waals surface area contributed by atoms with Crippen molar-refractivity contribution in [2.45, 2.75) is 126 Å². The van der Waals surface area contributed by atoms with Gasteiger partial charge in [-0.25, -0.2) is 4.79 Å². The van der Waals surface area contributed by atoms with E-state index in [0.717, 1.165) is 32.2 Å². The number of benzene rings is 1. The van der Waals surface area contributed by atoms with Gasteiger partial charge in [0.15, 0.2) is 0 Å². The summed E-state index contributed by atoms with van der Waals surface area (Å²) in [6.45, 7) is 5.59. The number of likely N-dealkylation sites (N-methyl/N-ethyl adjacent to an activating group) is 1. The second-order valence-corrected chi connectivity index (χ2v) is 15.6. The Kier molecular flexibility index (Phi) is 8.70. The number of rotatable bonds is 13. The average Bonchev–Trinajstić information content (AvgIpc) is 3.49.